The van der Waals surface area contributed by atoms with E-state index in [1.807, 2.05) is 0 Å². The second kappa shape index (κ2) is 31.7. The van der Waals surface area contributed by atoms with Crippen LogP contribution in [0.4, 0.5) is 0 Å². The van der Waals surface area contributed by atoms with Crippen LogP contribution >= 0.6 is 0 Å². The van der Waals surface area contributed by atoms with E-state index in [1.54, 1.807) is 0 Å². The monoisotopic (exact) mass is 600 g/mol. The van der Waals surface area contributed by atoms with E-state index >= 15 is 0 Å². The normalized spacial score (nSPS) is 14.5. The Bertz CT molecular complexity index is 561. The molecule has 0 saturated heterocycles. The van der Waals surface area contributed by atoms with Gasteiger partial charge in [-0.05, 0) is 12.8 Å². The minimum absolute atomic E-state index is 0.375. The molecule has 0 aliphatic rings. The number of carbonyl (C=O) groups is 1. The number of nitrogens with one attached hydrogen (secondary N) is 1. The predicted octanol–water partition coefficient (Wildman–Crippen LogP) is 8.51. The lowest BCUT2D eigenvalue weighted by Gasteiger charge is -2.27. The molecule has 0 aliphatic heterocycles. The molecule has 4 atom stereocenters. The molecule has 42 heavy (non-hydrogen) atoms. The van der Waals surface area contributed by atoms with E-state index < -0.39 is 36.9 Å². The molecule has 0 rings (SSSR count). The van der Waals surface area contributed by atoms with Crippen molar-refractivity contribution in [3.05, 3.63) is 0 Å². The maximum absolute atomic E-state index is 12.4. The molecule has 0 saturated carbocycles. The van der Waals surface area contributed by atoms with E-state index in [0.717, 1.165) is 38.5 Å². The van der Waals surface area contributed by atoms with Gasteiger partial charge >= 0.3 is 0 Å². The molecule has 0 fully saturated rings. The molecule has 0 unspecified atom stereocenters. The lowest BCUT2D eigenvalue weighted by molar-refractivity contribution is -0.132. The fourth-order valence-corrected chi connectivity index (χ4v) is 5.81. The smallest absolute Gasteiger partial charge is 0.249 e. The highest BCUT2D eigenvalue weighted by molar-refractivity contribution is 5.80. The van der Waals surface area contributed by atoms with Crippen LogP contribution in [0, 0.1) is 0 Å². The summed E-state index contributed by atoms with van der Waals surface area (Å²) in [5, 5.41) is 43.2. The van der Waals surface area contributed by atoms with Crippen molar-refractivity contribution >= 4 is 5.91 Å². The van der Waals surface area contributed by atoms with E-state index in [9.17, 15) is 25.2 Å². The van der Waals surface area contributed by atoms with Gasteiger partial charge in [0.1, 0.15) is 12.2 Å². The van der Waals surface area contributed by atoms with E-state index in [-0.39, 0.29) is 0 Å². The lowest BCUT2D eigenvalue weighted by atomic mass is 9.99. The Labute approximate surface area is 260 Å². The summed E-state index contributed by atoms with van der Waals surface area (Å²) in [7, 11) is 0. The van der Waals surface area contributed by atoms with Gasteiger partial charge in [-0.2, -0.15) is 0 Å². The Morgan fingerprint density at radius 1 is 0.500 bits per heavy atom. The largest absolute Gasteiger partial charge is 0.394 e. The van der Waals surface area contributed by atoms with Crippen LogP contribution in [0.1, 0.15) is 194 Å². The molecule has 0 aromatic rings. The first-order chi connectivity index (χ1) is 20.5. The Hall–Kier alpha value is -0.690. The molecule has 0 aromatic carbocycles. The van der Waals surface area contributed by atoms with E-state index in [0.29, 0.717) is 12.8 Å². The highest BCUT2D eigenvalue weighted by Gasteiger charge is 2.28. The third-order valence-corrected chi connectivity index (χ3v) is 8.82. The minimum atomic E-state index is -1.25. The zero-order valence-corrected chi connectivity index (χ0v) is 28.0. The summed E-state index contributed by atoms with van der Waals surface area (Å²) < 4.78 is 0. The molecule has 1 amide bonds. The summed E-state index contributed by atoms with van der Waals surface area (Å²) in [5.41, 5.74) is 0. The van der Waals surface area contributed by atoms with Gasteiger partial charge in [-0.25, -0.2) is 0 Å². The maximum atomic E-state index is 12.4. The average Bonchev–Trinajstić information content (AvgIpc) is 2.99. The Balaban J connectivity index is 3.68. The van der Waals surface area contributed by atoms with Crippen LogP contribution in [0.25, 0.3) is 0 Å². The summed E-state index contributed by atoms with van der Waals surface area (Å²) in [4.78, 5) is 12.4. The first-order valence-corrected chi connectivity index (χ1v) is 18.4. The molecule has 0 heterocycles. The van der Waals surface area contributed by atoms with Crippen molar-refractivity contribution in [1.29, 1.82) is 0 Å². The quantitative estimate of drug-likeness (QED) is 0.0486. The molecule has 6 nitrogen and oxygen atoms in total. The van der Waals surface area contributed by atoms with Crippen LogP contribution in [0.2, 0.25) is 0 Å². The number of unbranched alkanes of at least 4 members (excludes halogenated alkanes) is 24. The molecule has 0 radical (unpaired) electrons. The van der Waals surface area contributed by atoms with Crippen molar-refractivity contribution in [1.82, 2.24) is 5.32 Å². The SMILES string of the molecule is CCCCCCCCCCCCCCCCCCCCC[C@@H](O)C(=O)N[C@@H](CO)[C@H](O)[C@H](O)CCCCCCCCC. The molecule has 0 aromatic heterocycles. The van der Waals surface area contributed by atoms with Crippen molar-refractivity contribution in [3.63, 3.8) is 0 Å². The summed E-state index contributed by atoms with van der Waals surface area (Å²) in [5.74, 6) is -0.585. The summed E-state index contributed by atoms with van der Waals surface area (Å²) in [6.07, 6.45) is 30.0. The van der Waals surface area contributed by atoms with Gasteiger partial charge in [0.15, 0.2) is 0 Å². The molecule has 0 bridgehead atoms. The lowest BCUT2D eigenvalue weighted by Crippen LogP contribution is -2.53. The third kappa shape index (κ3) is 25.8. The third-order valence-electron chi connectivity index (χ3n) is 8.82. The number of hydrogen-bond donors (Lipinski definition) is 5. The van der Waals surface area contributed by atoms with Crippen LogP contribution < -0.4 is 5.32 Å². The molecule has 0 spiro atoms. The molecule has 0 aliphatic carbocycles. The standard InChI is InChI=1S/C36H73NO5/c1-3-5-7-9-11-12-13-14-15-16-17-18-19-20-21-22-24-26-28-30-34(40)36(42)37-32(31-38)35(41)33(39)29-27-25-23-10-8-6-4-2/h32-35,38-41H,3-31H2,1-2H3,(H,37,42)/t32-,33+,34+,35-/m0/s1. The zero-order chi connectivity index (χ0) is 31.1. The van der Waals surface area contributed by atoms with Gasteiger partial charge in [0.25, 0.3) is 0 Å². The first kappa shape index (κ1) is 41.3. The van der Waals surface area contributed by atoms with Crippen LogP contribution in [0.5, 0.6) is 0 Å². The van der Waals surface area contributed by atoms with E-state index in [1.165, 1.54) is 128 Å². The van der Waals surface area contributed by atoms with Gasteiger partial charge in [-0.3, -0.25) is 4.79 Å². The molecular formula is C36H73NO5. The van der Waals surface area contributed by atoms with Crippen molar-refractivity contribution in [2.75, 3.05) is 6.61 Å². The van der Waals surface area contributed by atoms with E-state index in [2.05, 4.69) is 19.2 Å². The number of rotatable bonds is 33. The molecule has 252 valence electrons. The average molecular weight is 600 g/mol. The number of amides is 1. The first-order valence-electron chi connectivity index (χ1n) is 18.4. The second-order valence-corrected chi connectivity index (χ2v) is 12.9. The number of carbonyl (C=O) groups excluding carboxylic acids is 1. The Morgan fingerprint density at radius 3 is 1.14 bits per heavy atom. The summed E-state index contributed by atoms with van der Waals surface area (Å²) >= 11 is 0. The maximum Gasteiger partial charge on any atom is 0.249 e. The van der Waals surface area contributed by atoms with Crippen LogP contribution in [-0.2, 0) is 4.79 Å². The van der Waals surface area contributed by atoms with Crippen LogP contribution in [0.3, 0.4) is 0 Å². The fraction of sp³-hybridized carbons (Fsp3) is 0.972. The highest BCUT2D eigenvalue weighted by atomic mass is 16.3. The fourth-order valence-electron chi connectivity index (χ4n) is 5.81. The van der Waals surface area contributed by atoms with Crippen LogP contribution in [0.15, 0.2) is 0 Å². The Kier molecular flexibility index (Phi) is 31.2. The number of hydrogen-bond acceptors (Lipinski definition) is 5. The summed E-state index contributed by atoms with van der Waals surface area (Å²) in [6, 6.07) is -0.975. The Morgan fingerprint density at radius 2 is 0.810 bits per heavy atom. The highest BCUT2D eigenvalue weighted by Crippen LogP contribution is 2.16. The zero-order valence-electron chi connectivity index (χ0n) is 28.0. The topological polar surface area (TPSA) is 110 Å². The molecular weight excluding hydrogens is 526 g/mol. The van der Waals surface area contributed by atoms with Gasteiger partial charge in [0, 0.05) is 0 Å². The van der Waals surface area contributed by atoms with Crippen LogP contribution in [-0.4, -0.2) is 57.3 Å². The van der Waals surface area contributed by atoms with Crippen molar-refractivity contribution in [2.45, 2.75) is 218 Å². The number of aliphatic hydroxyl groups excluding tert-OH is 4. The van der Waals surface area contributed by atoms with Crippen molar-refractivity contribution < 1.29 is 25.2 Å². The predicted molar refractivity (Wildman–Crippen MR) is 178 cm³/mol. The van der Waals surface area contributed by atoms with E-state index in [4.69, 9.17) is 0 Å². The van der Waals surface area contributed by atoms with Gasteiger partial charge in [0.2, 0.25) is 5.91 Å². The summed E-state index contributed by atoms with van der Waals surface area (Å²) in [6.45, 7) is 3.99. The van der Waals surface area contributed by atoms with Crippen molar-refractivity contribution in [3.8, 4) is 0 Å². The molecule has 6 heteroatoms. The van der Waals surface area contributed by atoms with Gasteiger partial charge < -0.3 is 25.7 Å². The number of aliphatic hydroxyl groups is 4. The van der Waals surface area contributed by atoms with Gasteiger partial charge in [-0.15, -0.1) is 0 Å². The van der Waals surface area contributed by atoms with Gasteiger partial charge in [-0.1, -0.05) is 181 Å². The van der Waals surface area contributed by atoms with Gasteiger partial charge in [0.05, 0.1) is 18.8 Å². The van der Waals surface area contributed by atoms with Crippen molar-refractivity contribution in [2.24, 2.45) is 0 Å². The molecule has 5 N–H and O–H groups in total. The second-order valence-electron chi connectivity index (χ2n) is 12.9. The minimum Gasteiger partial charge on any atom is -0.394 e.